The van der Waals surface area contributed by atoms with Gasteiger partial charge in [-0.15, -0.1) is 12.4 Å². The Bertz CT molecular complexity index is 1190. The number of nitrogens with two attached hydrogens (primary N) is 2. The van der Waals surface area contributed by atoms with Crippen molar-refractivity contribution in [2.45, 2.75) is 44.3 Å². The first-order valence-corrected chi connectivity index (χ1v) is 12.2. The average molecular weight is 513 g/mol. The SMILES string of the molecule is CCC1CN(C(Cc2ccc3ccccc3c2)C(N)=O)CCN1C(=O)C(N)Cc1ccc(F)cc1.Cl. The number of carbonyl (C=O) groups is 2. The average Bonchev–Trinajstić information content (AvgIpc) is 2.87. The molecule has 192 valence electrons. The standard InChI is InChI=1S/C28H33FN4O2.ClH/c1-2-24-18-32(13-14-33(24)28(35)25(30)16-19-8-11-23(29)12-9-19)26(27(31)34)17-20-7-10-21-5-3-4-6-22(21)15-20;/h3-12,15,24-26H,2,13-14,16-18,30H2,1H3,(H2,31,34);1H. The summed E-state index contributed by atoms with van der Waals surface area (Å²) >= 11 is 0. The van der Waals surface area contributed by atoms with E-state index in [1.807, 2.05) is 30.0 Å². The van der Waals surface area contributed by atoms with E-state index in [0.717, 1.165) is 28.3 Å². The highest BCUT2D eigenvalue weighted by Gasteiger charge is 2.36. The van der Waals surface area contributed by atoms with E-state index in [0.29, 0.717) is 32.5 Å². The number of amides is 2. The molecule has 1 saturated heterocycles. The van der Waals surface area contributed by atoms with Gasteiger partial charge in [-0.3, -0.25) is 14.5 Å². The molecule has 2 amide bonds. The van der Waals surface area contributed by atoms with Crippen molar-refractivity contribution in [1.82, 2.24) is 9.80 Å². The van der Waals surface area contributed by atoms with Gasteiger partial charge in [0.15, 0.2) is 0 Å². The molecule has 1 fully saturated rings. The monoisotopic (exact) mass is 512 g/mol. The molecule has 1 aliphatic rings. The number of nitrogens with zero attached hydrogens (tertiary/aromatic N) is 2. The highest BCUT2D eigenvalue weighted by molar-refractivity contribution is 5.85. The van der Waals surface area contributed by atoms with Gasteiger partial charge in [-0.2, -0.15) is 0 Å². The van der Waals surface area contributed by atoms with Gasteiger partial charge >= 0.3 is 0 Å². The van der Waals surface area contributed by atoms with Gasteiger partial charge in [-0.25, -0.2) is 4.39 Å². The van der Waals surface area contributed by atoms with Gasteiger partial charge < -0.3 is 16.4 Å². The number of fused-ring (bicyclic) bond motifs is 1. The molecule has 0 aromatic heterocycles. The van der Waals surface area contributed by atoms with Gasteiger partial charge in [0.1, 0.15) is 5.82 Å². The molecule has 0 radical (unpaired) electrons. The lowest BCUT2D eigenvalue weighted by molar-refractivity contribution is -0.139. The van der Waals surface area contributed by atoms with Crippen molar-refractivity contribution in [2.75, 3.05) is 19.6 Å². The minimum Gasteiger partial charge on any atom is -0.368 e. The van der Waals surface area contributed by atoms with Gasteiger partial charge in [0, 0.05) is 25.7 Å². The normalized spacial score (nSPS) is 17.9. The Labute approximate surface area is 217 Å². The maximum Gasteiger partial charge on any atom is 0.240 e. The number of hydrogen-bond donors (Lipinski definition) is 2. The Kier molecular flexibility index (Phi) is 9.43. The van der Waals surface area contributed by atoms with Crippen LogP contribution in [0.15, 0.2) is 66.7 Å². The van der Waals surface area contributed by atoms with Gasteiger partial charge in [-0.05, 0) is 53.3 Å². The fraction of sp³-hybridized carbons (Fsp3) is 0.357. The van der Waals surface area contributed by atoms with Gasteiger partial charge in [0.2, 0.25) is 11.8 Å². The smallest absolute Gasteiger partial charge is 0.240 e. The zero-order valence-corrected chi connectivity index (χ0v) is 21.3. The molecule has 8 heteroatoms. The lowest BCUT2D eigenvalue weighted by Gasteiger charge is -2.44. The van der Waals surface area contributed by atoms with Crippen LogP contribution in [-0.4, -0.2) is 59.4 Å². The highest BCUT2D eigenvalue weighted by atomic mass is 35.5. The van der Waals surface area contributed by atoms with Gasteiger partial charge in [-0.1, -0.05) is 61.5 Å². The van der Waals surface area contributed by atoms with E-state index in [4.69, 9.17) is 11.5 Å². The second-order valence-corrected chi connectivity index (χ2v) is 9.33. The molecule has 3 aromatic carbocycles. The van der Waals surface area contributed by atoms with Crippen molar-refractivity contribution in [1.29, 1.82) is 0 Å². The number of benzene rings is 3. The summed E-state index contributed by atoms with van der Waals surface area (Å²) in [6, 6.07) is 19.2. The molecule has 3 aromatic rings. The summed E-state index contributed by atoms with van der Waals surface area (Å²) in [5, 5.41) is 2.28. The Morgan fingerprint density at radius 3 is 2.31 bits per heavy atom. The Balaban J connectivity index is 0.00000361. The summed E-state index contributed by atoms with van der Waals surface area (Å²) in [5.41, 5.74) is 14.0. The van der Waals surface area contributed by atoms with Crippen LogP contribution in [0.1, 0.15) is 24.5 Å². The molecule has 4 N–H and O–H groups in total. The summed E-state index contributed by atoms with van der Waals surface area (Å²) < 4.78 is 13.2. The van der Waals surface area contributed by atoms with E-state index >= 15 is 0 Å². The van der Waals surface area contributed by atoms with Crippen molar-refractivity contribution in [3.63, 3.8) is 0 Å². The summed E-state index contributed by atoms with van der Waals surface area (Å²) in [6.07, 6.45) is 1.61. The van der Waals surface area contributed by atoms with Crippen LogP contribution >= 0.6 is 12.4 Å². The molecular weight excluding hydrogens is 479 g/mol. The van der Waals surface area contributed by atoms with Crippen LogP contribution in [0.25, 0.3) is 10.8 Å². The predicted molar refractivity (Wildman–Crippen MR) is 143 cm³/mol. The quantitative estimate of drug-likeness (QED) is 0.484. The zero-order chi connectivity index (χ0) is 24.9. The number of halogens is 2. The molecule has 3 atom stereocenters. The predicted octanol–water partition coefficient (Wildman–Crippen LogP) is 3.29. The van der Waals surface area contributed by atoms with Crippen LogP contribution in [0.5, 0.6) is 0 Å². The van der Waals surface area contributed by atoms with Crippen molar-refractivity contribution in [2.24, 2.45) is 11.5 Å². The molecular formula is C28H34ClFN4O2. The summed E-state index contributed by atoms with van der Waals surface area (Å²) in [6.45, 7) is 3.62. The first-order chi connectivity index (χ1) is 16.9. The molecule has 4 rings (SSSR count). The highest BCUT2D eigenvalue weighted by Crippen LogP contribution is 2.21. The molecule has 1 aliphatic heterocycles. The van der Waals surface area contributed by atoms with E-state index in [9.17, 15) is 14.0 Å². The minimum atomic E-state index is -0.703. The summed E-state index contributed by atoms with van der Waals surface area (Å²) in [4.78, 5) is 29.6. The first kappa shape index (κ1) is 27.6. The Morgan fingerprint density at radius 2 is 1.64 bits per heavy atom. The second-order valence-electron chi connectivity index (χ2n) is 9.33. The topological polar surface area (TPSA) is 92.7 Å². The van der Waals surface area contributed by atoms with E-state index in [2.05, 4.69) is 29.2 Å². The van der Waals surface area contributed by atoms with Crippen LogP contribution in [0, 0.1) is 5.82 Å². The minimum absolute atomic E-state index is 0. The fourth-order valence-electron chi connectivity index (χ4n) is 4.98. The largest absolute Gasteiger partial charge is 0.368 e. The number of primary amides is 1. The zero-order valence-electron chi connectivity index (χ0n) is 20.5. The number of hydrogen-bond acceptors (Lipinski definition) is 4. The van der Waals surface area contributed by atoms with Gasteiger partial charge in [0.25, 0.3) is 0 Å². The summed E-state index contributed by atoms with van der Waals surface area (Å²) in [7, 11) is 0. The van der Waals surface area contributed by atoms with Crippen molar-refractivity contribution < 1.29 is 14.0 Å². The molecule has 36 heavy (non-hydrogen) atoms. The number of piperazine rings is 1. The van der Waals surface area contributed by atoms with Crippen molar-refractivity contribution >= 4 is 35.0 Å². The molecule has 0 saturated carbocycles. The van der Waals surface area contributed by atoms with Crippen LogP contribution in [0.4, 0.5) is 4.39 Å². The van der Waals surface area contributed by atoms with E-state index in [1.54, 1.807) is 12.1 Å². The second kappa shape index (κ2) is 12.3. The lowest BCUT2D eigenvalue weighted by Crippen LogP contribution is -2.62. The van der Waals surface area contributed by atoms with Crippen LogP contribution in [0.2, 0.25) is 0 Å². The maximum atomic E-state index is 13.2. The fourth-order valence-corrected chi connectivity index (χ4v) is 4.98. The van der Waals surface area contributed by atoms with Crippen LogP contribution < -0.4 is 11.5 Å². The molecule has 0 aliphatic carbocycles. The molecule has 0 spiro atoms. The maximum absolute atomic E-state index is 13.2. The van der Waals surface area contributed by atoms with Crippen LogP contribution in [-0.2, 0) is 22.4 Å². The molecule has 1 heterocycles. The molecule has 3 unspecified atom stereocenters. The third-order valence-electron chi connectivity index (χ3n) is 6.97. The third-order valence-corrected chi connectivity index (χ3v) is 6.97. The van der Waals surface area contributed by atoms with Crippen molar-refractivity contribution in [3.05, 3.63) is 83.7 Å². The van der Waals surface area contributed by atoms with E-state index in [-0.39, 0.29) is 36.1 Å². The number of rotatable bonds is 8. The Hall–Kier alpha value is -3.00. The third kappa shape index (κ3) is 6.40. The Morgan fingerprint density at radius 1 is 0.972 bits per heavy atom. The van der Waals surface area contributed by atoms with Crippen molar-refractivity contribution in [3.8, 4) is 0 Å². The number of carbonyl (C=O) groups excluding carboxylic acids is 2. The van der Waals surface area contributed by atoms with E-state index < -0.39 is 12.1 Å². The lowest BCUT2D eigenvalue weighted by atomic mass is 9.98. The van der Waals surface area contributed by atoms with Crippen LogP contribution in [0.3, 0.4) is 0 Å². The van der Waals surface area contributed by atoms with E-state index in [1.165, 1.54) is 12.1 Å². The van der Waals surface area contributed by atoms with Gasteiger partial charge in [0.05, 0.1) is 12.1 Å². The summed E-state index contributed by atoms with van der Waals surface area (Å²) in [5.74, 6) is -0.796. The molecule has 0 bridgehead atoms. The molecule has 6 nitrogen and oxygen atoms in total. The first-order valence-electron chi connectivity index (χ1n) is 12.2.